The van der Waals surface area contributed by atoms with E-state index in [2.05, 4.69) is 59.3 Å². The van der Waals surface area contributed by atoms with Crippen LogP contribution < -0.4 is 5.32 Å². The van der Waals surface area contributed by atoms with Crippen molar-refractivity contribution in [1.82, 2.24) is 15.2 Å². The Morgan fingerprint density at radius 3 is 2.82 bits per heavy atom. The van der Waals surface area contributed by atoms with Crippen LogP contribution in [0.1, 0.15) is 17.6 Å². The highest BCUT2D eigenvalue weighted by molar-refractivity contribution is 9.11. The lowest BCUT2D eigenvalue weighted by atomic mass is 10.3. The SMILES string of the molecule is CCc1nnc(NCc2ncc(Br)cc2Br)s1. The molecule has 0 saturated carbocycles. The number of aromatic nitrogens is 3. The maximum atomic E-state index is 4.32. The number of halogens is 2. The normalized spacial score (nSPS) is 10.5. The molecule has 0 unspecified atom stereocenters. The minimum Gasteiger partial charge on any atom is -0.354 e. The second-order valence-corrected chi connectivity index (χ2v) is 6.12. The van der Waals surface area contributed by atoms with Gasteiger partial charge in [0.05, 0.1) is 12.2 Å². The first-order valence-electron chi connectivity index (χ1n) is 5.05. The molecule has 2 aromatic heterocycles. The Kier molecular flexibility index (Phi) is 4.47. The maximum Gasteiger partial charge on any atom is 0.205 e. The van der Waals surface area contributed by atoms with E-state index in [0.29, 0.717) is 6.54 Å². The first-order valence-corrected chi connectivity index (χ1v) is 7.45. The molecule has 4 nitrogen and oxygen atoms in total. The molecular weight excluding hydrogens is 368 g/mol. The lowest BCUT2D eigenvalue weighted by Crippen LogP contribution is -2.02. The van der Waals surface area contributed by atoms with Crippen LogP contribution in [0, 0.1) is 0 Å². The first kappa shape index (κ1) is 12.9. The predicted molar refractivity (Wildman–Crippen MR) is 76.3 cm³/mol. The number of nitrogens with one attached hydrogen (secondary N) is 1. The minimum absolute atomic E-state index is 0.631. The lowest BCUT2D eigenvalue weighted by Gasteiger charge is -2.04. The molecule has 2 heterocycles. The van der Waals surface area contributed by atoms with E-state index in [9.17, 15) is 0 Å². The smallest absolute Gasteiger partial charge is 0.205 e. The van der Waals surface area contributed by atoms with Gasteiger partial charge in [-0.05, 0) is 44.3 Å². The van der Waals surface area contributed by atoms with E-state index in [-0.39, 0.29) is 0 Å². The molecule has 0 aromatic carbocycles. The summed E-state index contributed by atoms with van der Waals surface area (Å²) in [6.45, 7) is 2.70. The number of anilines is 1. The summed E-state index contributed by atoms with van der Waals surface area (Å²) in [5.74, 6) is 0. The van der Waals surface area contributed by atoms with Crippen LogP contribution in [0.5, 0.6) is 0 Å². The lowest BCUT2D eigenvalue weighted by molar-refractivity contribution is 0.964. The molecule has 0 aliphatic heterocycles. The van der Waals surface area contributed by atoms with Crippen molar-refractivity contribution in [2.45, 2.75) is 19.9 Å². The van der Waals surface area contributed by atoms with Crippen molar-refractivity contribution < 1.29 is 0 Å². The number of hydrogen-bond donors (Lipinski definition) is 1. The molecule has 7 heteroatoms. The summed E-state index contributed by atoms with van der Waals surface area (Å²) in [5.41, 5.74) is 0.946. The molecule has 0 radical (unpaired) electrons. The van der Waals surface area contributed by atoms with Gasteiger partial charge in [-0.15, -0.1) is 10.2 Å². The fourth-order valence-corrected chi connectivity index (χ4v) is 3.00. The monoisotopic (exact) mass is 376 g/mol. The average molecular weight is 378 g/mol. The van der Waals surface area contributed by atoms with Crippen LogP contribution in [-0.4, -0.2) is 15.2 Å². The Hall–Kier alpha value is -0.530. The van der Waals surface area contributed by atoms with E-state index in [0.717, 1.165) is 31.2 Å². The highest BCUT2D eigenvalue weighted by atomic mass is 79.9. The Labute approximate surface area is 120 Å². The molecule has 2 rings (SSSR count). The van der Waals surface area contributed by atoms with Crippen molar-refractivity contribution >= 4 is 48.3 Å². The van der Waals surface area contributed by atoms with Crippen LogP contribution in [0.3, 0.4) is 0 Å². The molecule has 0 fully saturated rings. The summed E-state index contributed by atoms with van der Waals surface area (Å²) < 4.78 is 1.93. The molecule has 0 atom stereocenters. The quantitative estimate of drug-likeness (QED) is 0.883. The van der Waals surface area contributed by atoms with Crippen molar-refractivity contribution in [3.05, 3.63) is 31.9 Å². The van der Waals surface area contributed by atoms with Crippen LogP contribution in [0.15, 0.2) is 21.2 Å². The number of rotatable bonds is 4. The van der Waals surface area contributed by atoms with Gasteiger partial charge in [0.2, 0.25) is 5.13 Å². The standard InChI is InChI=1S/C10H10Br2N4S/c1-2-9-15-16-10(17-9)14-5-8-7(12)3-6(11)4-13-8/h3-4H,2,5H2,1H3,(H,14,16). The topological polar surface area (TPSA) is 50.7 Å². The Morgan fingerprint density at radius 1 is 1.35 bits per heavy atom. The fraction of sp³-hybridized carbons (Fsp3) is 0.300. The van der Waals surface area contributed by atoms with E-state index in [4.69, 9.17) is 0 Å². The van der Waals surface area contributed by atoms with Crippen LogP contribution in [0.2, 0.25) is 0 Å². The molecule has 0 bridgehead atoms. The molecule has 0 saturated heterocycles. The van der Waals surface area contributed by atoms with Crippen molar-refractivity contribution in [2.24, 2.45) is 0 Å². The van der Waals surface area contributed by atoms with E-state index >= 15 is 0 Å². The highest BCUT2D eigenvalue weighted by Gasteiger charge is 2.05. The number of aryl methyl sites for hydroxylation is 1. The average Bonchev–Trinajstić information content (AvgIpc) is 2.76. The Bertz CT molecular complexity index is 515. The predicted octanol–water partition coefficient (Wildman–Crippen LogP) is 3.63. The molecule has 0 amide bonds. The summed E-state index contributed by atoms with van der Waals surface area (Å²) in [5, 5.41) is 13.2. The van der Waals surface area contributed by atoms with Gasteiger partial charge in [-0.2, -0.15) is 0 Å². The Balaban J connectivity index is 2.02. The molecule has 0 aliphatic carbocycles. The van der Waals surface area contributed by atoms with Crippen molar-refractivity contribution in [3.8, 4) is 0 Å². The van der Waals surface area contributed by atoms with Crippen LogP contribution in [-0.2, 0) is 13.0 Å². The fourth-order valence-electron chi connectivity index (χ4n) is 1.20. The summed E-state index contributed by atoms with van der Waals surface area (Å²) in [4.78, 5) is 4.32. The third kappa shape index (κ3) is 3.46. The van der Waals surface area contributed by atoms with Gasteiger partial charge in [0.15, 0.2) is 0 Å². The summed E-state index contributed by atoms with van der Waals surface area (Å²) in [6.07, 6.45) is 2.69. The van der Waals surface area contributed by atoms with E-state index in [1.807, 2.05) is 6.07 Å². The van der Waals surface area contributed by atoms with Gasteiger partial charge in [0.1, 0.15) is 5.01 Å². The molecule has 1 N–H and O–H groups in total. The van der Waals surface area contributed by atoms with Gasteiger partial charge in [-0.25, -0.2) is 0 Å². The number of nitrogens with zero attached hydrogens (tertiary/aromatic N) is 3. The highest BCUT2D eigenvalue weighted by Crippen LogP contribution is 2.21. The molecule has 2 aromatic rings. The zero-order valence-corrected chi connectivity index (χ0v) is 13.1. The zero-order valence-electron chi connectivity index (χ0n) is 9.07. The van der Waals surface area contributed by atoms with Gasteiger partial charge < -0.3 is 5.32 Å². The van der Waals surface area contributed by atoms with Crippen molar-refractivity contribution in [2.75, 3.05) is 5.32 Å². The Morgan fingerprint density at radius 2 is 2.18 bits per heavy atom. The maximum absolute atomic E-state index is 4.32. The molecule has 90 valence electrons. The van der Waals surface area contributed by atoms with Gasteiger partial charge >= 0.3 is 0 Å². The third-order valence-corrected chi connectivity index (χ3v) is 4.21. The molecule has 0 spiro atoms. The second kappa shape index (κ2) is 5.88. The summed E-state index contributed by atoms with van der Waals surface area (Å²) >= 11 is 8.42. The largest absolute Gasteiger partial charge is 0.354 e. The van der Waals surface area contributed by atoms with E-state index < -0.39 is 0 Å². The molecular formula is C10H10Br2N4S. The van der Waals surface area contributed by atoms with Gasteiger partial charge in [-0.1, -0.05) is 18.3 Å². The first-order chi connectivity index (χ1) is 8.19. The number of hydrogen-bond acceptors (Lipinski definition) is 5. The van der Waals surface area contributed by atoms with Crippen molar-refractivity contribution in [1.29, 1.82) is 0 Å². The van der Waals surface area contributed by atoms with Crippen LogP contribution >= 0.6 is 43.2 Å². The van der Waals surface area contributed by atoms with E-state index in [1.54, 1.807) is 17.5 Å². The van der Waals surface area contributed by atoms with Gasteiger partial charge in [-0.3, -0.25) is 4.98 Å². The minimum atomic E-state index is 0.631. The van der Waals surface area contributed by atoms with Crippen LogP contribution in [0.25, 0.3) is 0 Å². The van der Waals surface area contributed by atoms with Crippen LogP contribution in [0.4, 0.5) is 5.13 Å². The van der Waals surface area contributed by atoms with Crippen molar-refractivity contribution in [3.63, 3.8) is 0 Å². The zero-order chi connectivity index (χ0) is 12.3. The third-order valence-electron chi connectivity index (χ3n) is 2.06. The van der Waals surface area contributed by atoms with E-state index in [1.165, 1.54) is 0 Å². The number of pyridine rings is 1. The molecule has 17 heavy (non-hydrogen) atoms. The summed E-state index contributed by atoms with van der Waals surface area (Å²) in [7, 11) is 0. The second-order valence-electron chi connectivity index (χ2n) is 3.29. The van der Waals surface area contributed by atoms with Gasteiger partial charge in [0.25, 0.3) is 0 Å². The van der Waals surface area contributed by atoms with Gasteiger partial charge in [0, 0.05) is 15.1 Å². The summed E-state index contributed by atoms with van der Waals surface area (Å²) in [6, 6.07) is 1.97. The molecule has 0 aliphatic rings.